The zero-order chi connectivity index (χ0) is 15.5. The molecule has 1 aliphatic heterocycles. The molecule has 0 spiro atoms. The molecule has 22 heavy (non-hydrogen) atoms. The summed E-state index contributed by atoms with van der Waals surface area (Å²) < 4.78 is 0. The smallest absolute Gasteiger partial charge is 0.193 e. The lowest BCUT2D eigenvalue weighted by atomic mass is 9.69. The van der Waals surface area contributed by atoms with Gasteiger partial charge in [-0.05, 0) is 43.1 Å². The van der Waals surface area contributed by atoms with Crippen LogP contribution in [-0.2, 0) is 0 Å². The summed E-state index contributed by atoms with van der Waals surface area (Å²) in [6, 6.07) is 0.405. The van der Waals surface area contributed by atoms with E-state index in [9.17, 15) is 0 Å². The zero-order valence-electron chi connectivity index (χ0n) is 14.4. The fourth-order valence-corrected chi connectivity index (χ4v) is 5.06. The standard InChI is InChI=1S/C19H33N3/c1-3-5-6-7-9-15-13(8-4-2)12-14-10-11-16-17(14)18(15)22-19(20)21-16/h13-16H,3-12H2,1-2H3,(H3,20,21,22). The molecule has 0 saturated heterocycles. The molecule has 4 atom stereocenters. The van der Waals surface area contributed by atoms with Crippen LogP contribution in [-0.4, -0.2) is 12.0 Å². The van der Waals surface area contributed by atoms with Gasteiger partial charge in [0.1, 0.15) is 0 Å². The largest absolute Gasteiger partial charge is 0.370 e. The van der Waals surface area contributed by atoms with Crippen molar-refractivity contribution < 1.29 is 0 Å². The number of guanidine groups is 1. The highest BCUT2D eigenvalue weighted by molar-refractivity contribution is 5.82. The molecule has 0 aromatic carbocycles. The maximum Gasteiger partial charge on any atom is 0.193 e. The molecule has 124 valence electrons. The second kappa shape index (κ2) is 7.06. The number of allylic oxidation sites excluding steroid dienone is 1. The van der Waals surface area contributed by atoms with Gasteiger partial charge in [-0.1, -0.05) is 52.4 Å². The molecular formula is C19H33N3. The molecule has 1 saturated carbocycles. The van der Waals surface area contributed by atoms with Crippen molar-refractivity contribution in [3.63, 3.8) is 0 Å². The lowest BCUT2D eigenvalue weighted by molar-refractivity contribution is 0.244. The Morgan fingerprint density at radius 3 is 2.73 bits per heavy atom. The average Bonchev–Trinajstić information content (AvgIpc) is 2.89. The summed E-state index contributed by atoms with van der Waals surface area (Å²) in [5.41, 5.74) is 9.23. The topological polar surface area (TPSA) is 50.4 Å². The van der Waals surface area contributed by atoms with Crippen LogP contribution in [0.5, 0.6) is 0 Å². The van der Waals surface area contributed by atoms with E-state index in [0.717, 1.165) is 11.8 Å². The monoisotopic (exact) mass is 303 g/mol. The van der Waals surface area contributed by atoms with E-state index in [1.165, 1.54) is 69.9 Å². The van der Waals surface area contributed by atoms with Gasteiger partial charge >= 0.3 is 0 Å². The van der Waals surface area contributed by atoms with Crippen LogP contribution in [0.4, 0.5) is 0 Å². The highest BCUT2D eigenvalue weighted by Gasteiger charge is 2.44. The molecule has 3 N–H and O–H groups in total. The first-order chi connectivity index (χ1) is 10.7. The van der Waals surface area contributed by atoms with Crippen molar-refractivity contribution in [3.05, 3.63) is 11.3 Å². The third kappa shape index (κ3) is 3.04. The summed E-state index contributed by atoms with van der Waals surface area (Å²) in [4.78, 5) is 4.67. The summed E-state index contributed by atoms with van der Waals surface area (Å²) in [5.74, 6) is 3.01. The Kier molecular flexibility index (Phi) is 5.10. The summed E-state index contributed by atoms with van der Waals surface area (Å²) in [6.07, 6.45) is 13.4. The highest BCUT2D eigenvalue weighted by Crippen LogP contribution is 2.50. The van der Waals surface area contributed by atoms with Gasteiger partial charge in [-0.2, -0.15) is 0 Å². The van der Waals surface area contributed by atoms with Gasteiger partial charge in [-0.15, -0.1) is 0 Å². The van der Waals surface area contributed by atoms with E-state index < -0.39 is 0 Å². The van der Waals surface area contributed by atoms with Gasteiger partial charge in [0.2, 0.25) is 0 Å². The van der Waals surface area contributed by atoms with E-state index >= 15 is 0 Å². The number of nitrogens with two attached hydrogens (primary N) is 1. The summed E-state index contributed by atoms with van der Waals surface area (Å²) in [6.45, 7) is 4.62. The van der Waals surface area contributed by atoms with Gasteiger partial charge in [0.05, 0.1) is 6.04 Å². The van der Waals surface area contributed by atoms with E-state index in [1.807, 2.05) is 0 Å². The zero-order valence-corrected chi connectivity index (χ0v) is 14.4. The molecule has 3 aliphatic rings. The van der Waals surface area contributed by atoms with Crippen LogP contribution in [0.2, 0.25) is 0 Å². The molecule has 1 heterocycles. The van der Waals surface area contributed by atoms with Crippen LogP contribution in [0, 0.1) is 17.8 Å². The predicted molar refractivity (Wildman–Crippen MR) is 93.6 cm³/mol. The number of hydrogen-bond donors (Lipinski definition) is 2. The van der Waals surface area contributed by atoms with Crippen molar-refractivity contribution in [3.8, 4) is 0 Å². The molecule has 0 bridgehead atoms. The molecule has 0 radical (unpaired) electrons. The normalized spacial score (nSPS) is 33.5. The number of unbranched alkanes of at least 4 members (excludes halogenated alkanes) is 3. The number of hydrogen-bond acceptors (Lipinski definition) is 3. The summed E-state index contributed by atoms with van der Waals surface area (Å²) >= 11 is 0. The van der Waals surface area contributed by atoms with Crippen molar-refractivity contribution in [2.75, 3.05) is 0 Å². The Morgan fingerprint density at radius 1 is 1.09 bits per heavy atom. The van der Waals surface area contributed by atoms with Crippen LogP contribution in [0.3, 0.4) is 0 Å². The minimum absolute atomic E-state index is 0.405. The first kappa shape index (κ1) is 15.9. The Morgan fingerprint density at radius 2 is 1.95 bits per heavy atom. The predicted octanol–water partition coefficient (Wildman–Crippen LogP) is 4.34. The van der Waals surface area contributed by atoms with Crippen molar-refractivity contribution in [2.45, 2.75) is 84.1 Å². The number of nitrogens with zero attached hydrogens (tertiary/aromatic N) is 1. The lowest BCUT2D eigenvalue weighted by Gasteiger charge is -2.40. The molecule has 0 aromatic heterocycles. The van der Waals surface area contributed by atoms with E-state index in [1.54, 1.807) is 5.57 Å². The van der Waals surface area contributed by atoms with Gasteiger partial charge in [0.15, 0.2) is 5.96 Å². The second-order valence-corrected chi connectivity index (χ2v) is 7.54. The molecular weight excluding hydrogens is 270 g/mol. The van der Waals surface area contributed by atoms with Crippen molar-refractivity contribution in [2.24, 2.45) is 28.5 Å². The van der Waals surface area contributed by atoms with Crippen LogP contribution in [0.25, 0.3) is 0 Å². The summed E-state index contributed by atoms with van der Waals surface area (Å²) in [5, 5.41) is 3.51. The van der Waals surface area contributed by atoms with E-state index in [2.05, 4.69) is 24.2 Å². The minimum atomic E-state index is 0.405. The van der Waals surface area contributed by atoms with Crippen LogP contribution < -0.4 is 11.1 Å². The third-order valence-electron chi connectivity index (χ3n) is 6.01. The van der Waals surface area contributed by atoms with E-state index in [0.29, 0.717) is 17.9 Å². The minimum Gasteiger partial charge on any atom is -0.370 e. The fourth-order valence-electron chi connectivity index (χ4n) is 5.06. The Balaban J connectivity index is 1.79. The SMILES string of the molecule is CCCCCCC1C2=C3C(CCC3N=C(N)N2)CC1CCC. The van der Waals surface area contributed by atoms with Crippen LogP contribution >= 0.6 is 0 Å². The molecule has 3 rings (SSSR count). The second-order valence-electron chi connectivity index (χ2n) is 7.54. The molecule has 0 amide bonds. The van der Waals surface area contributed by atoms with Crippen LogP contribution in [0.1, 0.15) is 78.1 Å². The maximum absolute atomic E-state index is 6.09. The number of rotatable bonds is 7. The average molecular weight is 303 g/mol. The van der Waals surface area contributed by atoms with Gasteiger partial charge in [-0.3, -0.25) is 0 Å². The molecule has 3 nitrogen and oxygen atoms in total. The van der Waals surface area contributed by atoms with E-state index in [-0.39, 0.29) is 0 Å². The summed E-state index contributed by atoms with van der Waals surface area (Å²) in [7, 11) is 0. The van der Waals surface area contributed by atoms with Gasteiger partial charge in [0.25, 0.3) is 0 Å². The molecule has 0 aromatic rings. The molecule has 3 heteroatoms. The quantitative estimate of drug-likeness (QED) is 0.687. The highest BCUT2D eigenvalue weighted by atomic mass is 15.1. The molecule has 1 fully saturated rings. The first-order valence-electron chi connectivity index (χ1n) is 9.58. The number of nitrogens with one attached hydrogen (secondary N) is 1. The van der Waals surface area contributed by atoms with Gasteiger partial charge in [0, 0.05) is 11.6 Å². The van der Waals surface area contributed by atoms with Crippen LogP contribution in [0.15, 0.2) is 16.3 Å². The van der Waals surface area contributed by atoms with E-state index in [4.69, 9.17) is 5.73 Å². The Bertz CT molecular complexity index is 452. The Labute approximate surface area is 135 Å². The third-order valence-corrected chi connectivity index (χ3v) is 6.01. The lowest BCUT2D eigenvalue weighted by Crippen LogP contribution is -2.44. The molecule has 4 unspecified atom stereocenters. The van der Waals surface area contributed by atoms with Gasteiger partial charge < -0.3 is 11.1 Å². The number of aliphatic imine (C=N–C) groups is 1. The van der Waals surface area contributed by atoms with Crippen molar-refractivity contribution in [1.82, 2.24) is 5.32 Å². The van der Waals surface area contributed by atoms with Gasteiger partial charge in [-0.25, -0.2) is 4.99 Å². The van der Waals surface area contributed by atoms with Crippen molar-refractivity contribution in [1.29, 1.82) is 0 Å². The fraction of sp³-hybridized carbons (Fsp3) is 0.842. The first-order valence-corrected chi connectivity index (χ1v) is 9.58. The Hall–Kier alpha value is -0.990. The van der Waals surface area contributed by atoms with Crippen molar-refractivity contribution >= 4 is 5.96 Å². The molecule has 2 aliphatic carbocycles. The maximum atomic E-state index is 6.09.